The average Bonchev–Trinajstić information content (AvgIpc) is 2.21. The second-order valence-corrected chi connectivity index (χ2v) is 3.60. The van der Waals surface area contributed by atoms with Gasteiger partial charge in [-0.2, -0.15) is 0 Å². The van der Waals surface area contributed by atoms with E-state index in [1.54, 1.807) is 7.11 Å². The highest BCUT2D eigenvalue weighted by Gasteiger charge is 2.06. The van der Waals surface area contributed by atoms with E-state index in [1.165, 1.54) is 24.0 Å². The maximum atomic E-state index is 5.38. The molecule has 0 aliphatic carbocycles. The Morgan fingerprint density at radius 2 is 1.79 bits per heavy atom. The second kappa shape index (κ2) is 5.69. The van der Waals surface area contributed by atoms with E-state index in [-0.39, 0.29) is 0 Å². The third-order valence-corrected chi connectivity index (χ3v) is 2.47. The van der Waals surface area contributed by atoms with Crippen LogP contribution in [0, 0.1) is 0 Å². The van der Waals surface area contributed by atoms with E-state index < -0.39 is 0 Å². The number of rotatable bonds is 5. The van der Waals surface area contributed by atoms with Gasteiger partial charge >= 0.3 is 0 Å². The first-order chi connectivity index (χ1) is 6.83. The first kappa shape index (κ1) is 11.1. The molecule has 0 heterocycles. The standard InChI is InChI=1S/C13H20O/c1-4-7-11-9-6-10-13(14-3)12(11)8-5-2/h6,9-10H,4-5,7-8H2,1-3H3. The first-order valence-corrected chi connectivity index (χ1v) is 5.48. The lowest BCUT2D eigenvalue weighted by atomic mass is 9.99. The maximum Gasteiger partial charge on any atom is 0.122 e. The van der Waals surface area contributed by atoms with Gasteiger partial charge in [0.15, 0.2) is 0 Å². The summed E-state index contributed by atoms with van der Waals surface area (Å²) in [5.74, 6) is 1.05. The van der Waals surface area contributed by atoms with Crippen molar-refractivity contribution in [3.8, 4) is 5.75 Å². The molecule has 0 aliphatic rings. The summed E-state index contributed by atoms with van der Waals surface area (Å²) in [5.41, 5.74) is 2.85. The van der Waals surface area contributed by atoms with E-state index >= 15 is 0 Å². The van der Waals surface area contributed by atoms with Gasteiger partial charge < -0.3 is 4.74 Å². The van der Waals surface area contributed by atoms with Crippen molar-refractivity contribution in [1.29, 1.82) is 0 Å². The maximum absolute atomic E-state index is 5.38. The molecule has 0 N–H and O–H groups in total. The Balaban J connectivity index is 3.00. The number of ether oxygens (including phenoxy) is 1. The van der Waals surface area contributed by atoms with E-state index in [9.17, 15) is 0 Å². The summed E-state index contributed by atoms with van der Waals surface area (Å²) in [6.45, 7) is 4.43. The Hall–Kier alpha value is -0.980. The summed E-state index contributed by atoms with van der Waals surface area (Å²) in [7, 11) is 1.75. The molecule has 0 amide bonds. The molecule has 0 aliphatic heterocycles. The Labute approximate surface area is 87.1 Å². The van der Waals surface area contributed by atoms with Crippen molar-refractivity contribution in [2.75, 3.05) is 7.11 Å². The fourth-order valence-corrected chi connectivity index (χ4v) is 1.84. The van der Waals surface area contributed by atoms with Crippen LogP contribution in [0.3, 0.4) is 0 Å². The second-order valence-electron chi connectivity index (χ2n) is 3.60. The van der Waals surface area contributed by atoms with Gasteiger partial charge in [0, 0.05) is 0 Å². The van der Waals surface area contributed by atoms with Crippen LogP contribution < -0.4 is 4.74 Å². The van der Waals surface area contributed by atoms with Crippen LogP contribution >= 0.6 is 0 Å². The molecule has 1 aromatic carbocycles. The van der Waals surface area contributed by atoms with Crippen LogP contribution in [0.25, 0.3) is 0 Å². The van der Waals surface area contributed by atoms with Gasteiger partial charge in [-0.25, -0.2) is 0 Å². The molecule has 0 unspecified atom stereocenters. The summed E-state index contributed by atoms with van der Waals surface area (Å²) < 4.78 is 5.38. The molecule has 1 aromatic rings. The number of aryl methyl sites for hydroxylation is 1. The zero-order valence-corrected chi connectivity index (χ0v) is 9.47. The van der Waals surface area contributed by atoms with Crippen LogP contribution in [0.2, 0.25) is 0 Å². The molecule has 14 heavy (non-hydrogen) atoms. The van der Waals surface area contributed by atoms with Gasteiger partial charge in [0.1, 0.15) is 5.75 Å². The molecule has 0 saturated carbocycles. The highest BCUT2D eigenvalue weighted by atomic mass is 16.5. The van der Waals surface area contributed by atoms with E-state index in [1.807, 2.05) is 0 Å². The van der Waals surface area contributed by atoms with Crippen molar-refractivity contribution in [2.24, 2.45) is 0 Å². The molecular formula is C13H20O. The Morgan fingerprint density at radius 3 is 2.36 bits per heavy atom. The van der Waals surface area contributed by atoms with Crippen LogP contribution in [-0.4, -0.2) is 7.11 Å². The van der Waals surface area contributed by atoms with Crippen molar-refractivity contribution in [1.82, 2.24) is 0 Å². The molecule has 0 aromatic heterocycles. The van der Waals surface area contributed by atoms with Crippen molar-refractivity contribution in [3.63, 3.8) is 0 Å². The van der Waals surface area contributed by atoms with Crippen molar-refractivity contribution < 1.29 is 4.74 Å². The van der Waals surface area contributed by atoms with Gasteiger partial charge in [-0.1, -0.05) is 38.8 Å². The van der Waals surface area contributed by atoms with Gasteiger partial charge in [-0.3, -0.25) is 0 Å². The summed E-state index contributed by atoms with van der Waals surface area (Å²) in [5, 5.41) is 0. The molecular weight excluding hydrogens is 172 g/mol. The van der Waals surface area contributed by atoms with Gasteiger partial charge in [-0.15, -0.1) is 0 Å². The normalized spacial score (nSPS) is 10.2. The minimum atomic E-state index is 1.05. The molecule has 1 rings (SSSR count). The third kappa shape index (κ3) is 2.50. The number of methoxy groups -OCH3 is 1. The molecule has 1 nitrogen and oxygen atoms in total. The van der Waals surface area contributed by atoms with E-state index in [2.05, 4.69) is 32.0 Å². The van der Waals surface area contributed by atoms with Gasteiger partial charge in [0.05, 0.1) is 7.11 Å². The summed E-state index contributed by atoms with van der Waals surface area (Å²) in [6, 6.07) is 6.37. The molecule has 0 atom stereocenters. The third-order valence-electron chi connectivity index (χ3n) is 2.47. The highest BCUT2D eigenvalue weighted by Crippen LogP contribution is 2.24. The SMILES string of the molecule is CCCc1cccc(OC)c1CCC. The van der Waals surface area contributed by atoms with Crippen molar-refractivity contribution >= 4 is 0 Å². The molecule has 0 fully saturated rings. The molecule has 1 heteroatoms. The van der Waals surface area contributed by atoms with Gasteiger partial charge in [0.25, 0.3) is 0 Å². The minimum Gasteiger partial charge on any atom is -0.496 e. The number of hydrogen-bond donors (Lipinski definition) is 0. The van der Waals surface area contributed by atoms with Gasteiger partial charge in [0.2, 0.25) is 0 Å². The lowest BCUT2D eigenvalue weighted by Gasteiger charge is -2.12. The number of hydrogen-bond acceptors (Lipinski definition) is 1. The zero-order chi connectivity index (χ0) is 10.4. The average molecular weight is 192 g/mol. The smallest absolute Gasteiger partial charge is 0.122 e. The molecule has 0 spiro atoms. The van der Waals surface area contributed by atoms with Crippen molar-refractivity contribution in [2.45, 2.75) is 39.5 Å². The quantitative estimate of drug-likeness (QED) is 0.692. The van der Waals surface area contributed by atoms with Crippen LogP contribution in [0.5, 0.6) is 5.75 Å². The minimum absolute atomic E-state index is 1.05. The Bertz CT molecular complexity index is 279. The topological polar surface area (TPSA) is 9.23 Å². The van der Waals surface area contributed by atoms with Crippen LogP contribution in [-0.2, 0) is 12.8 Å². The Kier molecular flexibility index (Phi) is 4.51. The fraction of sp³-hybridized carbons (Fsp3) is 0.538. The highest BCUT2D eigenvalue weighted by molar-refractivity contribution is 5.40. The molecule has 0 radical (unpaired) electrons. The zero-order valence-electron chi connectivity index (χ0n) is 9.47. The first-order valence-electron chi connectivity index (χ1n) is 5.48. The van der Waals surface area contributed by atoms with Crippen LogP contribution in [0.1, 0.15) is 37.8 Å². The monoisotopic (exact) mass is 192 g/mol. The van der Waals surface area contributed by atoms with Crippen LogP contribution in [0.15, 0.2) is 18.2 Å². The van der Waals surface area contributed by atoms with E-state index in [0.717, 1.165) is 18.6 Å². The largest absolute Gasteiger partial charge is 0.496 e. The molecule has 0 saturated heterocycles. The van der Waals surface area contributed by atoms with Crippen molar-refractivity contribution in [3.05, 3.63) is 29.3 Å². The predicted octanol–water partition coefficient (Wildman–Crippen LogP) is 3.60. The lowest BCUT2D eigenvalue weighted by Crippen LogP contribution is -1.97. The van der Waals surface area contributed by atoms with Gasteiger partial charge in [-0.05, 0) is 30.0 Å². The van der Waals surface area contributed by atoms with Crippen LogP contribution in [0.4, 0.5) is 0 Å². The summed E-state index contributed by atoms with van der Waals surface area (Å²) in [4.78, 5) is 0. The van der Waals surface area contributed by atoms with E-state index in [4.69, 9.17) is 4.74 Å². The summed E-state index contributed by atoms with van der Waals surface area (Å²) >= 11 is 0. The predicted molar refractivity (Wildman–Crippen MR) is 61.0 cm³/mol. The summed E-state index contributed by atoms with van der Waals surface area (Å²) in [6.07, 6.45) is 4.66. The van der Waals surface area contributed by atoms with E-state index in [0.29, 0.717) is 0 Å². The Morgan fingerprint density at radius 1 is 1.07 bits per heavy atom. The molecule has 78 valence electrons. The fourth-order valence-electron chi connectivity index (χ4n) is 1.84. The number of benzene rings is 1. The lowest BCUT2D eigenvalue weighted by molar-refractivity contribution is 0.408. The molecule has 0 bridgehead atoms.